The number of aromatic nitrogens is 3. The van der Waals surface area contributed by atoms with E-state index in [9.17, 15) is 0 Å². The van der Waals surface area contributed by atoms with Gasteiger partial charge in [-0.1, -0.05) is 6.07 Å². The van der Waals surface area contributed by atoms with Crippen molar-refractivity contribution in [1.29, 1.82) is 0 Å². The molecule has 2 heterocycles. The van der Waals surface area contributed by atoms with Crippen molar-refractivity contribution >= 4 is 34.8 Å². The number of nitrogen functional groups attached to an aromatic ring is 1. The standard InChI is InChI=1S/C11H12ClN5S/c12-9-14-10(13)16-11(15-9)17(7-3-4-7)6-8-2-1-5-18-8/h1-2,5,7H,3-4,6H2,(H2,13,14,15,16). The van der Waals surface area contributed by atoms with E-state index >= 15 is 0 Å². The lowest BCUT2D eigenvalue weighted by atomic mass is 10.4. The van der Waals surface area contributed by atoms with Crippen LogP contribution in [0, 0.1) is 0 Å². The number of halogens is 1. The lowest BCUT2D eigenvalue weighted by Crippen LogP contribution is -2.27. The van der Waals surface area contributed by atoms with Crippen molar-refractivity contribution in [3.8, 4) is 0 Å². The molecule has 0 spiro atoms. The smallest absolute Gasteiger partial charge is 0.232 e. The molecule has 94 valence electrons. The van der Waals surface area contributed by atoms with Gasteiger partial charge in [-0.2, -0.15) is 15.0 Å². The van der Waals surface area contributed by atoms with Crippen LogP contribution in [0.3, 0.4) is 0 Å². The maximum Gasteiger partial charge on any atom is 0.232 e. The van der Waals surface area contributed by atoms with Crippen LogP contribution in [0.4, 0.5) is 11.9 Å². The monoisotopic (exact) mass is 281 g/mol. The second kappa shape index (κ2) is 4.70. The van der Waals surface area contributed by atoms with Crippen LogP contribution >= 0.6 is 22.9 Å². The summed E-state index contributed by atoms with van der Waals surface area (Å²) in [6, 6.07) is 4.64. The van der Waals surface area contributed by atoms with Gasteiger partial charge in [0.2, 0.25) is 17.2 Å². The molecule has 0 amide bonds. The second-order valence-corrected chi connectivity index (χ2v) is 5.57. The summed E-state index contributed by atoms with van der Waals surface area (Å²) >= 11 is 7.56. The minimum Gasteiger partial charge on any atom is -0.368 e. The topological polar surface area (TPSA) is 67.9 Å². The number of thiophene rings is 1. The Kier molecular flexibility index (Phi) is 3.05. The lowest BCUT2D eigenvalue weighted by Gasteiger charge is -2.21. The molecule has 5 nitrogen and oxygen atoms in total. The molecule has 0 aromatic carbocycles. The lowest BCUT2D eigenvalue weighted by molar-refractivity contribution is 0.761. The fourth-order valence-electron chi connectivity index (χ4n) is 1.80. The maximum atomic E-state index is 5.83. The zero-order chi connectivity index (χ0) is 12.5. The van der Waals surface area contributed by atoms with Crippen molar-refractivity contribution in [3.05, 3.63) is 27.7 Å². The quantitative estimate of drug-likeness (QED) is 0.932. The molecule has 7 heteroatoms. The summed E-state index contributed by atoms with van der Waals surface area (Å²) in [5, 5.41) is 2.21. The fraction of sp³-hybridized carbons (Fsp3) is 0.364. The first-order valence-corrected chi connectivity index (χ1v) is 6.94. The minimum atomic E-state index is 0.148. The van der Waals surface area contributed by atoms with Gasteiger partial charge in [-0.3, -0.25) is 0 Å². The van der Waals surface area contributed by atoms with Crippen molar-refractivity contribution in [2.45, 2.75) is 25.4 Å². The van der Waals surface area contributed by atoms with E-state index in [0.717, 1.165) is 19.4 Å². The number of nitrogens with zero attached hydrogens (tertiary/aromatic N) is 4. The van der Waals surface area contributed by atoms with Crippen molar-refractivity contribution < 1.29 is 0 Å². The average molecular weight is 282 g/mol. The summed E-state index contributed by atoms with van der Waals surface area (Å²) in [6.45, 7) is 0.794. The summed E-state index contributed by atoms with van der Waals surface area (Å²) < 4.78 is 0. The van der Waals surface area contributed by atoms with Crippen LogP contribution in [0.5, 0.6) is 0 Å². The Hall–Kier alpha value is -1.40. The highest BCUT2D eigenvalue weighted by atomic mass is 35.5. The highest BCUT2D eigenvalue weighted by Gasteiger charge is 2.31. The number of anilines is 2. The molecular weight excluding hydrogens is 270 g/mol. The van der Waals surface area contributed by atoms with Gasteiger partial charge in [0.05, 0.1) is 6.54 Å². The molecule has 2 N–H and O–H groups in total. The number of rotatable bonds is 4. The van der Waals surface area contributed by atoms with E-state index in [0.29, 0.717) is 12.0 Å². The molecule has 0 bridgehead atoms. The molecular formula is C11H12ClN5S. The number of hydrogen-bond donors (Lipinski definition) is 1. The summed E-state index contributed by atoms with van der Waals surface area (Å²) in [5.41, 5.74) is 5.62. The van der Waals surface area contributed by atoms with Gasteiger partial charge in [-0.05, 0) is 35.9 Å². The number of hydrogen-bond acceptors (Lipinski definition) is 6. The molecule has 0 unspecified atom stereocenters. The van der Waals surface area contributed by atoms with Crippen LogP contribution in [0.15, 0.2) is 17.5 Å². The van der Waals surface area contributed by atoms with Crippen LogP contribution in [-0.4, -0.2) is 21.0 Å². The van der Waals surface area contributed by atoms with E-state index in [1.807, 2.05) is 6.07 Å². The fourth-order valence-corrected chi connectivity index (χ4v) is 2.67. The summed E-state index contributed by atoms with van der Waals surface area (Å²) in [5.74, 6) is 0.741. The highest BCUT2D eigenvalue weighted by Crippen LogP contribution is 2.32. The van der Waals surface area contributed by atoms with E-state index in [1.54, 1.807) is 11.3 Å². The molecule has 1 aliphatic carbocycles. The zero-order valence-corrected chi connectivity index (χ0v) is 11.2. The van der Waals surface area contributed by atoms with Crippen LogP contribution < -0.4 is 10.6 Å². The highest BCUT2D eigenvalue weighted by molar-refractivity contribution is 7.09. The largest absolute Gasteiger partial charge is 0.368 e. The Labute approximate surface area is 114 Å². The van der Waals surface area contributed by atoms with E-state index in [1.165, 1.54) is 4.88 Å². The molecule has 1 fully saturated rings. The van der Waals surface area contributed by atoms with Gasteiger partial charge in [-0.25, -0.2) is 0 Å². The molecule has 0 radical (unpaired) electrons. The van der Waals surface area contributed by atoms with Crippen molar-refractivity contribution in [1.82, 2.24) is 15.0 Å². The van der Waals surface area contributed by atoms with Gasteiger partial charge < -0.3 is 10.6 Å². The van der Waals surface area contributed by atoms with Crippen LogP contribution in [0.2, 0.25) is 5.28 Å². The summed E-state index contributed by atoms with van der Waals surface area (Å²) in [6.07, 6.45) is 2.32. The minimum absolute atomic E-state index is 0.148. The van der Waals surface area contributed by atoms with E-state index in [-0.39, 0.29) is 11.2 Å². The third-order valence-corrected chi connectivity index (χ3v) is 3.79. The molecule has 0 aliphatic heterocycles. The van der Waals surface area contributed by atoms with E-state index in [4.69, 9.17) is 17.3 Å². The molecule has 0 atom stereocenters. The van der Waals surface area contributed by atoms with E-state index in [2.05, 4.69) is 31.3 Å². The number of nitrogens with two attached hydrogens (primary N) is 1. The molecule has 2 aromatic rings. The Morgan fingerprint density at radius 2 is 2.22 bits per heavy atom. The first-order chi connectivity index (χ1) is 8.72. The van der Waals surface area contributed by atoms with Gasteiger partial charge in [0.1, 0.15) is 0 Å². The summed E-state index contributed by atoms with van der Waals surface area (Å²) in [4.78, 5) is 15.6. The van der Waals surface area contributed by atoms with Crippen LogP contribution in [-0.2, 0) is 6.54 Å². The SMILES string of the molecule is Nc1nc(Cl)nc(N(Cc2cccs2)C2CC2)n1. The molecule has 18 heavy (non-hydrogen) atoms. The third-order valence-electron chi connectivity index (χ3n) is 2.76. The Balaban J connectivity index is 1.89. The van der Waals surface area contributed by atoms with Gasteiger partial charge >= 0.3 is 0 Å². The van der Waals surface area contributed by atoms with Gasteiger partial charge in [-0.15, -0.1) is 11.3 Å². The maximum absolute atomic E-state index is 5.83. The average Bonchev–Trinajstić information content (AvgIpc) is 3.02. The predicted octanol–water partition coefficient (Wildman–Crippen LogP) is 2.34. The van der Waals surface area contributed by atoms with Gasteiger partial charge in [0.15, 0.2) is 0 Å². The van der Waals surface area contributed by atoms with Crippen molar-refractivity contribution in [2.24, 2.45) is 0 Å². The Morgan fingerprint density at radius 3 is 2.83 bits per heavy atom. The molecule has 3 rings (SSSR count). The predicted molar refractivity (Wildman–Crippen MR) is 72.8 cm³/mol. The molecule has 0 saturated heterocycles. The third kappa shape index (κ3) is 2.54. The Bertz CT molecular complexity index is 520. The second-order valence-electron chi connectivity index (χ2n) is 4.20. The zero-order valence-electron chi connectivity index (χ0n) is 9.58. The van der Waals surface area contributed by atoms with Crippen LogP contribution in [0.25, 0.3) is 0 Å². The molecule has 1 saturated carbocycles. The summed E-state index contributed by atoms with van der Waals surface area (Å²) in [7, 11) is 0. The van der Waals surface area contributed by atoms with E-state index < -0.39 is 0 Å². The normalized spacial score (nSPS) is 14.7. The van der Waals surface area contributed by atoms with Crippen molar-refractivity contribution in [2.75, 3.05) is 10.6 Å². The van der Waals surface area contributed by atoms with Crippen LogP contribution in [0.1, 0.15) is 17.7 Å². The first-order valence-electron chi connectivity index (χ1n) is 5.68. The molecule has 2 aromatic heterocycles. The first kappa shape index (κ1) is 11.7. The van der Waals surface area contributed by atoms with Crippen molar-refractivity contribution in [3.63, 3.8) is 0 Å². The van der Waals surface area contributed by atoms with Gasteiger partial charge in [0.25, 0.3) is 0 Å². The van der Waals surface area contributed by atoms with Gasteiger partial charge in [0, 0.05) is 10.9 Å². The Morgan fingerprint density at radius 1 is 1.39 bits per heavy atom. The molecule has 1 aliphatic rings.